The van der Waals surface area contributed by atoms with Crippen molar-refractivity contribution in [3.05, 3.63) is 108 Å². The third-order valence-corrected chi connectivity index (χ3v) is 4.85. The van der Waals surface area contributed by atoms with E-state index in [1.165, 1.54) is 16.7 Å². The Balaban J connectivity index is 1.37. The molecule has 0 aliphatic heterocycles. The molecule has 0 atom stereocenters. The fourth-order valence-corrected chi connectivity index (χ4v) is 2.94. The maximum absolute atomic E-state index is 5.93. The Morgan fingerprint density at radius 2 is 0.700 bits per heavy atom. The highest BCUT2D eigenvalue weighted by Crippen LogP contribution is 2.29. The van der Waals surface area contributed by atoms with Crippen molar-refractivity contribution in [2.75, 3.05) is 0 Å². The van der Waals surface area contributed by atoms with Crippen LogP contribution >= 0.6 is 0 Å². The minimum absolute atomic E-state index is 0.745. The third kappa shape index (κ3) is 5.00. The van der Waals surface area contributed by atoms with Crippen molar-refractivity contribution in [3.63, 3.8) is 0 Å². The van der Waals surface area contributed by atoms with Crippen LogP contribution in [0.5, 0.6) is 34.5 Å². The predicted molar refractivity (Wildman–Crippen MR) is 120 cm³/mol. The number of hydrogen-bond acceptors (Lipinski definition) is 3. The monoisotopic (exact) mass is 396 g/mol. The van der Waals surface area contributed by atoms with E-state index in [1.807, 2.05) is 84.9 Å². The molecule has 0 amide bonds. The summed E-state index contributed by atoms with van der Waals surface area (Å²) in [5, 5.41) is 0. The lowest BCUT2D eigenvalue weighted by Crippen LogP contribution is -1.88. The molecule has 0 unspecified atom stereocenters. The van der Waals surface area contributed by atoms with Crippen LogP contribution in [0.2, 0.25) is 0 Å². The number of aryl methyl sites for hydroxylation is 3. The van der Waals surface area contributed by atoms with Crippen LogP contribution in [0.4, 0.5) is 0 Å². The molecule has 4 aromatic rings. The van der Waals surface area contributed by atoms with Crippen molar-refractivity contribution < 1.29 is 14.2 Å². The number of hydrogen-bond donors (Lipinski definition) is 0. The second-order valence-electron chi connectivity index (χ2n) is 7.31. The molecule has 0 radical (unpaired) electrons. The van der Waals surface area contributed by atoms with Crippen LogP contribution < -0.4 is 14.2 Å². The molecule has 3 nitrogen and oxygen atoms in total. The number of ether oxygens (including phenoxy) is 3. The van der Waals surface area contributed by atoms with Gasteiger partial charge in [0.1, 0.15) is 34.5 Å². The second-order valence-corrected chi connectivity index (χ2v) is 7.31. The van der Waals surface area contributed by atoms with Gasteiger partial charge in [-0.15, -0.1) is 0 Å². The van der Waals surface area contributed by atoms with Crippen LogP contribution in [0, 0.1) is 20.8 Å². The van der Waals surface area contributed by atoms with Gasteiger partial charge in [0.25, 0.3) is 0 Å². The van der Waals surface area contributed by atoms with Crippen LogP contribution in [0.3, 0.4) is 0 Å². The Labute approximate surface area is 177 Å². The van der Waals surface area contributed by atoms with Crippen molar-refractivity contribution in [1.29, 1.82) is 0 Å². The molecule has 4 aromatic carbocycles. The van der Waals surface area contributed by atoms with E-state index in [1.54, 1.807) is 0 Å². The van der Waals surface area contributed by atoms with E-state index in [0.29, 0.717) is 0 Å². The van der Waals surface area contributed by atoms with Gasteiger partial charge in [0.15, 0.2) is 0 Å². The van der Waals surface area contributed by atoms with E-state index in [2.05, 4.69) is 26.8 Å². The Bertz CT molecular complexity index is 1110. The highest BCUT2D eigenvalue weighted by Gasteiger charge is 2.03. The fourth-order valence-electron chi connectivity index (χ4n) is 2.94. The van der Waals surface area contributed by atoms with E-state index < -0.39 is 0 Å². The van der Waals surface area contributed by atoms with Gasteiger partial charge >= 0.3 is 0 Å². The molecule has 0 N–H and O–H groups in total. The maximum atomic E-state index is 5.93. The van der Waals surface area contributed by atoms with Crippen molar-refractivity contribution in [1.82, 2.24) is 0 Å². The Hall–Kier alpha value is -3.72. The summed E-state index contributed by atoms with van der Waals surface area (Å²) in [6.07, 6.45) is 0. The van der Waals surface area contributed by atoms with Gasteiger partial charge in [-0.1, -0.05) is 23.8 Å². The first-order valence-electron chi connectivity index (χ1n) is 9.93. The highest BCUT2D eigenvalue weighted by molar-refractivity contribution is 5.41. The zero-order valence-electron chi connectivity index (χ0n) is 17.4. The van der Waals surface area contributed by atoms with E-state index in [-0.39, 0.29) is 0 Å². The van der Waals surface area contributed by atoms with Crippen LogP contribution in [0.15, 0.2) is 91.0 Å². The topological polar surface area (TPSA) is 27.7 Å². The summed E-state index contributed by atoms with van der Waals surface area (Å²) in [5.41, 5.74) is 3.67. The average Bonchev–Trinajstić information content (AvgIpc) is 2.75. The predicted octanol–water partition coefficient (Wildman–Crippen LogP) is 7.99. The summed E-state index contributed by atoms with van der Waals surface area (Å²) in [7, 11) is 0. The van der Waals surface area contributed by atoms with Gasteiger partial charge in [0.2, 0.25) is 0 Å². The van der Waals surface area contributed by atoms with Gasteiger partial charge < -0.3 is 14.2 Å². The molecule has 3 heteroatoms. The van der Waals surface area contributed by atoms with E-state index in [0.717, 1.165) is 34.5 Å². The molecular weight excluding hydrogens is 372 g/mol. The molecule has 0 saturated carbocycles. The van der Waals surface area contributed by atoms with Crippen molar-refractivity contribution in [2.24, 2.45) is 0 Å². The molecule has 0 spiro atoms. The molecule has 0 aliphatic rings. The van der Waals surface area contributed by atoms with Crippen molar-refractivity contribution in [3.8, 4) is 34.5 Å². The zero-order valence-corrected chi connectivity index (χ0v) is 17.4. The van der Waals surface area contributed by atoms with Crippen LogP contribution in [0.1, 0.15) is 16.7 Å². The number of benzene rings is 4. The third-order valence-electron chi connectivity index (χ3n) is 4.85. The summed E-state index contributed by atoms with van der Waals surface area (Å²) in [6, 6.07) is 29.2. The van der Waals surface area contributed by atoms with Gasteiger partial charge in [-0.25, -0.2) is 0 Å². The molecule has 30 heavy (non-hydrogen) atoms. The first-order valence-corrected chi connectivity index (χ1v) is 9.93. The largest absolute Gasteiger partial charge is 0.457 e. The van der Waals surface area contributed by atoms with Gasteiger partial charge in [0, 0.05) is 0 Å². The van der Waals surface area contributed by atoms with E-state index in [4.69, 9.17) is 14.2 Å². The lowest BCUT2D eigenvalue weighted by atomic mass is 10.1. The lowest BCUT2D eigenvalue weighted by molar-refractivity contribution is 0.464. The normalized spacial score (nSPS) is 10.5. The average molecular weight is 396 g/mol. The Morgan fingerprint density at radius 1 is 0.367 bits per heavy atom. The Kier molecular flexibility index (Phi) is 5.71. The summed E-state index contributed by atoms with van der Waals surface area (Å²) in [4.78, 5) is 0. The number of rotatable bonds is 6. The van der Waals surface area contributed by atoms with Crippen LogP contribution in [-0.2, 0) is 0 Å². The molecule has 0 fully saturated rings. The zero-order chi connectivity index (χ0) is 20.9. The van der Waals surface area contributed by atoms with E-state index >= 15 is 0 Å². The second kappa shape index (κ2) is 8.75. The summed E-state index contributed by atoms with van der Waals surface area (Å²) in [5.74, 6) is 4.67. The smallest absolute Gasteiger partial charge is 0.127 e. The van der Waals surface area contributed by atoms with Crippen LogP contribution in [0.25, 0.3) is 0 Å². The first-order chi connectivity index (χ1) is 14.5. The molecule has 150 valence electrons. The van der Waals surface area contributed by atoms with Gasteiger partial charge in [-0.05, 0) is 105 Å². The van der Waals surface area contributed by atoms with Crippen LogP contribution in [-0.4, -0.2) is 0 Å². The molecule has 0 heterocycles. The molecule has 0 bridgehead atoms. The minimum Gasteiger partial charge on any atom is -0.457 e. The van der Waals surface area contributed by atoms with Crippen molar-refractivity contribution >= 4 is 0 Å². The summed E-state index contributed by atoms with van der Waals surface area (Å²) < 4.78 is 17.7. The maximum Gasteiger partial charge on any atom is 0.127 e. The molecule has 0 aromatic heterocycles. The Morgan fingerprint density at radius 3 is 1.10 bits per heavy atom. The fraction of sp³-hybridized carbons (Fsp3) is 0.111. The SMILES string of the molecule is Cc1ccc(Oc2ccc(Oc3ccc(Oc4ccc(C)c(C)c4)cc3)cc2)cc1. The highest BCUT2D eigenvalue weighted by atomic mass is 16.5. The summed E-state index contributed by atoms with van der Waals surface area (Å²) >= 11 is 0. The minimum atomic E-state index is 0.745. The van der Waals surface area contributed by atoms with Gasteiger partial charge in [0.05, 0.1) is 0 Å². The van der Waals surface area contributed by atoms with E-state index in [9.17, 15) is 0 Å². The molecule has 0 saturated heterocycles. The molecular formula is C27H24O3. The molecule has 4 rings (SSSR count). The van der Waals surface area contributed by atoms with Gasteiger partial charge in [-0.3, -0.25) is 0 Å². The summed E-state index contributed by atoms with van der Waals surface area (Å²) in [6.45, 7) is 6.22. The first kappa shape index (κ1) is 19.6. The standard InChI is InChI=1S/C27H24O3/c1-19-4-7-22(8-5-19)28-23-10-12-24(13-11-23)29-25-14-16-26(17-15-25)30-27-9-6-20(2)21(3)18-27/h4-18H,1-3H3. The quantitative estimate of drug-likeness (QED) is 0.330. The van der Waals surface area contributed by atoms with Gasteiger partial charge in [-0.2, -0.15) is 0 Å². The van der Waals surface area contributed by atoms with Crippen molar-refractivity contribution in [2.45, 2.75) is 20.8 Å². The lowest BCUT2D eigenvalue weighted by Gasteiger charge is -2.10. The molecule has 0 aliphatic carbocycles.